The van der Waals surface area contributed by atoms with Gasteiger partial charge in [0.1, 0.15) is 5.01 Å². The number of hydrogen-bond acceptors (Lipinski definition) is 4. The Hall–Kier alpha value is -0.100. The van der Waals surface area contributed by atoms with Crippen LogP contribution >= 0.6 is 46.1 Å². The van der Waals surface area contributed by atoms with Crippen LogP contribution in [0.25, 0.3) is 0 Å². The lowest BCUT2D eigenvalue weighted by Gasteiger charge is -2.07. The van der Waals surface area contributed by atoms with E-state index in [0.29, 0.717) is 5.13 Å². The van der Waals surface area contributed by atoms with Crippen molar-refractivity contribution in [3.8, 4) is 0 Å². The summed E-state index contributed by atoms with van der Waals surface area (Å²) >= 11 is 17.3. The molecule has 1 amide bonds. The summed E-state index contributed by atoms with van der Waals surface area (Å²) in [5.74, 6) is -0.735. The molecule has 1 aromatic heterocycles. The van der Waals surface area contributed by atoms with E-state index < -0.39 is 9.70 Å². The molecule has 14 heavy (non-hydrogen) atoms. The van der Waals surface area contributed by atoms with Crippen molar-refractivity contribution in [2.45, 2.75) is 17.1 Å². The monoisotopic (exact) mass is 273 g/mol. The number of rotatable bonds is 2. The third-order valence-electron chi connectivity index (χ3n) is 1.25. The van der Waals surface area contributed by atoms with Gasteiger partial charge < -0.3 is 0 Å². The van der Waals surface area contributed by atoms with E-state index in [1.807, 2.05) is 6.92 Å². The molecule has 1 rings (SSSR count). The second-order valence-electron chi connectivity index (χ2n) is 2.31. The minimum Gasteiger partial charge on any atom is -0.297 e. The van der Waals surface area contributed by atoms with Crippen LogP contribution in [0, 0.1) is 0 Å². The standard InChI is InChI=1S/C6H6Cl3N3OS/c1-2-3-11-12-5(14-3)10-4(13)6(7,8)9/h2H2,1H3,(H,10,12,13). The lowest BCUT2D eigenvalue weighted by Crippen LogP contribution is -2.26. The van der Waals surface area contributed by atoms with E-state index in [0.717, 1.165) is 11.4 Å². The number of anilines is 1. The molecule has 8 heteroatoms. The van der Waals surface area contributed by atoms with Crippen molar-refractivity contribution in [2.75, 3.05) is 5.32 Å². The fraction of sp³-hybridized carbons (Fsp3) is 0.500. The molecule has 4 nitrogen and oxygen atoms in total. The molecule has 0 spiro atoms. The molecule has 0 saturated carbocycles. The highest BCUT2D eigenvalue weighted by Crippen LogP contribution is 2.28. The highest BCUT2D eigenvalue weighted by atomic mass is 35.6. The van der Waals surface area contributed by atoms with Gasteiger partial charge in [0.2, 0.25) is 5.13 Å². The van der Waals surface area contributed by atoms with Gasteiger partial charge in [0.25, 0.3) is 9.70 Å². The molecular weight excluding hydrogens is 269 g/mol. The Kier molecular flexibility index (Phi) is 3.94. The molecule has 0 unspecified atom stereocenters. The van der Waals surface area contributed by atoms with E-state index in [1.54, 1.807) is 0 Å². The van der Waals surface area contributed by atoms with Crippen LogP contribution in [-0.2, 0) is 11.2 Å². The number of carbonyl (C=O) groups is 1. The van der Waals surface area contributed by atoms with Crippen molar-refractivity contribution in [3.63, 3.8) is 0 Å². The molecule has 0 aliphatic heterocycles. The van der Waals surface area contributed by atoms with Crippen molar-refractivity contribution < 1.29 is 4.79 Å². The summed E-state index contributed by atoms with van der Waals surface area (Å²) in [4.78, 5) is 11.2. The summed E-state index contributed by atoms with van der Waals surface area (Å²) in [6.07, 6.45) is 0.751. The predicted molar refractivity (Wildman–Crippen MR) is 58.2 cm³/mol. The van der Waals surface area contributed by atoms with E-state index in [9.17, 15) is 4.79 Å². The lowest BCUT2D eigenvalue weighted by molar-refractivity contribution is -0.115. The zero-order valence-corrected chi connectivity index (χ0v) is 10.1. The van der Waals surface area contributed by atoms with Crippen molar-refractivity contribution in [1.82, 2.24) is 10.2 Å². The number of amides is 1. The highest BCUT2D eigenvalue weighted by Gasteiger charge is 2.31. The van der Waals surface area contributed by atoms with Gasteiger partial charge in [0, 0.05) is 0 Å². The summed E-state index contributed by atoms with van der Waals surface area (Å²) in [7, 11) is 0. The van der Waals surface area contributed by atoms with Crippen LogP contribution in [0.1, 0.15) is 11.9 Å². The molecule has 0 radical (unpaired) electrons. The fourth-order valence-corrected chi connectivity index (χ4v) is 1.43. The van der Waals surface area contributed by atoms with Gasteiger partial charge in [-0.3, -0.25) is 10.1 Å². The number of halogens is 3. The van der Waals surface area contributed by atoms with Gasteiger partial charge >= 0.3 is 0 Å². The SMILES string of the molecule is CCc1nnc(NC(=O)C(Cl)(Cl)Cl)s1. The largest absolute Gasteiger partial charge is 0.297 e. The molecule has 0 fully saturated rings. The van der Waals surface area contributed by atoms with Crippen LogP contribution in [0.4, 0.5) is 5.13 Å². The Bertz CT molecular complexity index is 335. The van der Waals surface area contributed by atoms with Gasteiger partial charge in [-0.1, -0.05) is 53.1 Å². The van der Waals surface area contributed by atoms with Gasteiger partial charge in [-0.15, -0.1) is 10.2 Å². The summed E-state index contributed by atoms with van der Waals surface area (Å²) in [6.45, 7) is 1.93. The molecule has 0 aromatic carbocycles. The van der Waals surface area contributed by atoms with E-state index in [4.69, 9.17) is 34.8 Å². The van der Waals surface area contributed by atoms with Crippen LogP contribution in [-0.4, -0.2) is 19.9 Å². The van der Waals surface area contributed by atoms with Crippen LogP contribution in [0.2, 0.25) is 0 Å². The average Bonchev–Trinajstić information content (AvgIpc) is 2.50. The number of alkyl halides is 3. The topological polar surface area (TPSA) is 54.9 Å². The van der Waals surface area contributed by atoms with Crippen molar-refractivity contribution in [1.29, 1.82) is 0 Å². The zero-order valence-electron chi connectivity index (χ0n) is 7.05. The number of nitrogens with one attached hydrogen (secondary N) is 1. The summed E-state index contributed by atoms with van der Waals surface area (Å²) in [5, 5.41) is 11.0. The molecule has 78 valence electrons. The molecule has 0 aliphatic carbocycles. The first-order chi connectivity index (χ1) is 6.43. The first kappa shape index (κ1) is 12.0. The van der Waals surface area contributed by atoms with E-state index in [1.165, 1.54) is 11.3 Å². The predicted octanol–water partition coefficient (Wildman–Crippen LogP) is 2.41. The number of hydrogen-bond donors (Lipinski definition) is 1. The van der Waals surface area contributed by atoms with Crippen LogP contribution < -0.4 is 5.32 Å². The third kappa shape index (κ3) is 3.24. The van der Waals surface area contributed by atoms with Gasteiger partial charge in [0.05, 0.1) is 0 Å². The second kappa shape index (κ2) is 4.61. The fourth-order valence-electron chi connectivity index (χ4n) is 0.615. The molecule has 1 heterocycles. The second-order valence-corrected chi connectivity index (χ2v) is 5.65. The average molecular weight is 275 g/mol. The molecule has 0 atom stereocenters. The van der Waals surface area contributed by atoms with Crippen molar-refractivity contribution >= 4 is 57.2 Å². The Morgan fingerprint density at radius 1 is 1.50 bits per heavy atom. The summed E-state index contributed by atoms with van der Waals surface area (Å²) in [5.41, 5.74) is 0. The Morgan fingerprint density at radius 3 is 2.57 bits per heavy atom. The van der Waals surface area contributed by atoms with Gasteiger partial charge in [-0.25, -0.2) is 0 Å². The number of aromatic nitrogens is 2. The first-order valence-corrected chi connectivity index (χ1v) is 5.59. The molecule has 0 saturated heterocycles. The van der Waals surface area contributed by atoms with Crippen molar-refractivity contribution in [3.05, 3.63) is 5.01 Å². The van der Waals surface area contributed by atoms with Crippen LogP contribution in [0.5, 0.6) is 0 Å². The Labute approximate surface area is 99.6 Å². The number of nitrogens with zero attached hydrogens (tertiary/aromatic N) is 2. The maximum absolute atomic E-state index is 11.2. The number of aryl methyl sites for hydroxylation is 1. The Morgan fingerprint density at radius 2 is 2.14 bits per heavy atom. The van der Waals surface area contributed by atoms with E-state index in [2.05, 4.69) is 15.5 Å². The van der Waals surface area contributed by atoms with Crippen molar-refractivity contribution in [2.24, 2.45) is 0 Å². The van der Waals surface area contributed by atoms with Gasteiger partial charge in [-0.05, 0) is 6.42 Å². The van der Waals surface area contributed by atoms with Crippen LogP contribution in [0.3, 0.4) is 0 Å². The molecular formula is C6H6Cl3N3OS. The molecule has 0 aliphatic rings. The normalized spacial score (nSPS) is 11.4. The highest BCUT2D eigenvalue weighted by molar-refractivity contribution is 7.15. The summed E-state index contributed by atoms with van der Waals surface area (Å²) in [6, 6.07) is 0. The van der Waals surface area contributed by atoms with Gasteiger partial charge in [-0.2, -0.15) is 0 Å². The van der Waals surface area contributed by atoms with E-state index in [-0.39, 0.29) is 0 Å². The maximum atomic E-state index is 11.2. The minimum absolute atomic E-state index is 0.332. The smallest absolute Gasteiger partial charge is 0.278 e. The third-order valence-corrected chi connectivity index (χ3v) is 2.75. The Balaban J connectivity index is 2.65. The minimum atomic E-state index is -1.97. The molecule has 1 N–H and O–H groups in total. The van der Waals surface area contributed by atoms with Gasteiger partial charge in [0.15, 0.2) is 0 Å². The van der Waals surface area contributed by atoms with Crippen LogP contribution in [0.15, 0.2) is 0 Å². The lowest BCUT2D eigenvalue weighted by atomic mass is 10.5. The maximum Gasteiger partial charge on any atom is 0.278 e. The summed E-state index contributed by atoms with van der Waals surface area (Å²) < 4.78 is -1.97. The molecule has 0 bridgehead atoms. The quantitative estimate of drug-likeness (QED) is 0.843. The first-order valence-electron chi connectivity index (χ1n) is 3.64. The zero-order chi connectivity index (χ0) is 10.8. The molecule has 1 aromatic rings. The van der Waals surface area contributed by atoms with E-state index >= 15 is 0 Å². The number of carbonyl (C=O) groups excluding carboxylic acids is 1.